The molecular weight excluding hydrogens is 250 g/mol. The molecule has 0 heterocycles. The number of ketones is 1. The van der Waals surface area contributed by atoms with Crippen molar-refractivity contribution in [3.05, 3.63) is 42.5 Å². The molecule has 0 aliphatic carbocycles. The lowest BCUT2D eigenvalue weighted by Crippen LogP contribution is -2.31. The predicted molar refractivity (Wildman–Crippen MR) is 71.0 cm³/mol. The largest absolute Gasteiger partial charge is 0.294 e. The first-order valence-electron chi connectivity index (χ1n) is 5.69. The van der Waals surface area contributed by atoms with Crippen molar-refractivity contribution in [3.63, 3.8) is 0 Å². The van der Waals surface area contributed by atoms with Crippen molar-refractivity contribution < 1.29 is 13.2 Å². The molecule has 1 unspecified atom stereocenters. The van der Waals surface area contributed by atoms with Crippen LogP contribution in [0.2, 0.25) is 0 Å². The predicted octanol–water partition coefficient (Wildman–Crippen LogP) is 2.13. The van der Waals surface area contributed by atoms with E-state index in [1.54, 1.807) is 26.0 Å². The minimum Gasteiger partial charge on any atom is -0.294 e. The lowest BCUT2D eigenvalue weighted by Gasteiger charge is -2.10. The van der Waals surface area contributed by atoms with Crippen molar-refractivity contribution in [2.45, 2.75) is 31.2 Å². The second kappa shape index (κ2) is 5.93. The number of nitrogens with one attached hydrogen (secondary N) is 1. The zero-order chi connectivity index (χ0) is 13.8. The van der Waals surface area contributed by atoms with Gasteiger partial charge in [0, 0.05) is 18.0 Å². The van der Waals surface area contributed by atoms with Crippen molar-refractivity contribution in [3.8, 4) is 0 Å². The van der Waals surface area contributed by atoms with Crippen LogP contribution in [-0.4, -0.2) is 20.2 Å². The molecule has 1 aromatic rings. The van der Waals surface area contributed by atoms with Crippen LogP contribution in [0, 0.1) is 0 Å². The summed E-state index contributed by atoms with van der Waals surface area (Å²) in [7, 11) is -3.61. The van der Waals surface area contributed by atoms with Crippen molar-refractivity contribution in [2.75, 3.05) is 0 Å². The second-order valence-electron chi connectivity index (χ2n) is 3.95. The van der Waals surface area contributed by atoms with E-state index in [-0.39, 0.29) is 16.7 Å². The normalized spacial score (nSPS) is 13.0. The van der Waals surface area contributed by atoms with Gasteiger partial charge in [0.25, 0.3) is 0 Å². The van der Waals surface area contributed by atoms with E-state index in [9.17, 15) is 13.2 Å². The van der Waals surface area contributed by atoms with Gasteiger partial charge >= 0.3 is 0 Å². The molecule has 5 heteroatoms. The number of carbonyl (C=O) groups is 1. The fourth-order valence-electron chi connectivity index (χ4n) is 1.40. The summed E-state index contributed by atoms with van der Waals surface area (Å²) >= 11 is 0. The van der Waals surface area contributed by atoms with Gasteiger partial charge in [-0.15, -0.1) is 6.58 Å². The first kappa shape index (κ1) is 14.6. The van der Waals surface area contributed by atoms with Crippen LogP contribution in [0.4, 0.5) is 0 Å². The maximum absolute atomic E-state index is 12.0. The van der Waals surface area contributed by atoms with E-state index in [0.29, 0.717) is 12.0 Å². The molecule has 0 saturated heterocycles. The molecule has 0 aromatic heterocycles. The summed E-state index contributed by atoms with van der Waals surface area (Å²) in [6.07, 6.45) is 1.85. The van der Waals surface area contributed by atoms with Crippen LogP contribution in [0.1, 0.15) is 30.6 Å². The molecule has 1 N–H and O–H groups in total. The molecule has 0 fully saturated rings. The third kappa shape index (κ3) is 3.51. The first-order chi connectivity index (χ1) is 8.40. The summed E-state index contributed by atoms with van der Waals surface area (Å²) in [6.45, 7) is 6.94. The van der Waals surface area contributed by atoms with E-state index >= 15 is 0 Å². The molecule has 0 saturated carbocycles. The first-order valence-corrected chi connectivity index (χ1v) is 7.17. The van der Waals surface area contributed by atoms with E-state index in [1.807, 2.05) is 0 Å². The van der Waals surface area contributed by atoms with E-state index in [0.717, 1.165) is 0 Å². The van der Waals surface area contributed by atoms with Gasteiger partial charge in [0.1, 0.15) is 0 Å². The van der Waals surface area contributed by atoms with Crippen molar-refractivity contribution in [2.24, 2.45) is 0 Å². The maximum atomic E-state index is 12.0. The number of hydrogen-bond acceptors (Lipinski definition) is 3. The maximum Gasteiger partial charge on any atom is 0.241 e. The Hall–Kier alpha value is -1.46. The summed E-state index contributed by atoms with van der Waals surface area (Å²) in [5, 5.41) is 0. The number of sulfonamides is 1. The van der Waals surface area contributed by atoms with Gasteiger partial charge in [0.15, 0.2) is 5.78 Å². The average molecular weight is 267 g/mol. The minimum atomic E-state index is -3.61. The summed E-state index contributed by atoms with van der Waals surface area (Å²) in [5.41, 5.74) is 0.409. The third-order valence-electron chi connectivity index (χ3n) is 2.48. The van der Waals surface area contributed by atoms with Crippen LogP contribution in [0.3, 0.4) is 0 Å². The highest BCUT2D eigenvalue weighted by Crippen LogP contribution is 2.13. The Bertz CT molecular complexity index is 549. The van der Waals surface area contributed by atoms with Gasteiger partial charge in [-0.25, -0.2) is 13.1 Å². The van der Waals surface area contributed by atoms with Gasteiger partial charge in [-0.05, 0) is 19.1 Å². The number of hydrogen-bond donors (Lipinski definition) is 1. The average Bonchev–Trinajstić information content (AvgIpc) is 2.37. The highest BCUT2D eigenvalue weighted by atomic mass is 32.2. The lowest BCUT2D eigenvalue weighted by atomic mass is 10.1. The molecule has 1 aromatic carbocycles. The molecule has 0 bridgehead atoms. The molecule has 0 aliphatic heterocycles. The molecule has 0 radical (unpaired) electrons. The molecule has 1 atom stereocenters. The Morgan fingerprint density at radius 2 is 2.17 bits per heavy atom. The zero-order valence-electron chi connectivity index (χ0n) is 10.5. The van der Waals surface area contributed by atoms with E-state index in [4.69, 9.17) is 0 Å². The van der Waals surface area contributed by atoms with Crippen LogP contribution in [0.15, 0.2) is 41.8 Å². The van der Waals surface area contributed by atoms with Gasteiger partial charge < -0.3 is 0 Å². The minimum absolute atomic E-state index is 0.0798. The quantitative estimate of drug-likeness (QED) is 0.634. The SMILES string of the molecule is C=CC(C)NS(=O)(=O)c1cccc(C(=O)CC)c1. The summed E-state index contributed by atoms with van der Waals surface area (Å²) in [6, 6.07) is 5.67. The molecule has 0 aliphatic rings. The summed E-state index contributed by atoms with van der Waals surface area (Å²) in [5.74, 6) is -0.0798. The molecular formula is C13H17NO3S. The van der Waals surface area contributed by atoms with Gasteiger partial charge in [0.05, 0.1) is 4.90 Å². The highest BCUT2D eigenvalue weighted by Gasteiger charge is 2.17. The standard InChI is InChI=1S/C13H17NO3S/c1-4-10(3)14-18(16,17)12-8-6-7-11(9-12)13(15)5-2/h4,6-10,14H,1,5H2,2-3H3. The van der Waals surface area contributed by atoms with Gasteiger partial charge in [-0.1, -0.05) is 25.1 Å². The number of rotatable bonds is 6. The van der Waals surface area contributed by atoms with E-state index in [2.05, 4.69) is 11.3 Å². The van der Waals surface area contributed by atoms with Crippen molar-refractivity contribution in [1.29, 1.82) is 0 Å². The molecule has 18 heavy (non-hydrogen) atoms. The van der Waals surface area contributed by atoms with Crippen molar-refractivity contribution in [1.82, 2.24) is 4.72 Å². The van der Waals surface area contributed by atoms with Gasteiger partial charge in [0.2, 0.25) is 10.0 Å². The highest BCUT2D eigenvalue weighted by molar-refractivity contribution is 7.89. The van der Waals surface area contributed by atoms with Crippen LogP contribution in [-0.2, 0) is 10.0 Å². The van der Waals surface area contributed by atoms with Crippen LogP contribution < -0.4 is 4.72 Å². The van der Waals surface area contributed by atoms with Crippen molar-refractivity contribution >= 4 is 15.8 Å². The third-order valence-corrected chi connectivity index (χ3v) is 4.04. The second-order valence-corrected chi connectivity index (χ2v) is 5.66. The Morgan fingerprint density at radius 3 is 2.72 bits per heavy atom. The van der Waals surface area contributed by atoms with Crippen LogP contribution in [0.5, 0.6) is 0 Å². The molecule has 1 rings (SSSR count). The van der Waals surface area contributed by atoms with Crippen LogP contribution in [0.25, 0.3) is 0 Å². The van der Waals surface area contributed by atoms with E-state index < -0.39 is 10.0 Å². The number of carbonyl (C=O) groups excluding carboxylic acids is 1. The Kier molecular flexibility index (Phi) is 4.81. The van der Waals surface area contributed by atoms with Gasteiger partial charge in [-0.2, -0.15) is 0 Å². The van der Waals surface area contributed by atoms with E-state index in [1.165, 1.54) is 18.2 Å². The molecule has 0 amide bonds. The number of benzene rings is 1. The number of Topliss-reactive ketones (excluding diaryl/α,β-unsaturated/α-hetero) is 1. The smallest absolute Gasteiger partial charge is 0.241 e. The van der Waals surface area contributed by atoms with Gasteiger partial charge in [-0.3, -0.25) is 4.79 Å². The Labute approximate surface area is 108 Å². The fraction of sp³-hybridized carbons (Fsp3) is 0.308. The lowest BCUT2D eigenvalue weighted by molar-refractivity contribution is 0.0988. The summed E-state index contributed by atoms with van der Waals surface area (Å²) in [4.78, 5) is 11.6. The zero-order valence-corrected chi connectivity index (χ0v) is 11.3. The molecule has 98 valence electrons. The monoisotopic (exact) mass is 267 g/mol. The Morgan fingerprint density at radius 1 is 1.50 bits per heavy atom. The molecule has 4 nitrogen and oxygen atoms in total. The Balaban J connectivity index is 3.10. The summed E-state index contributed by atoms with van der Waals surface area (Å²) < 4.78 is 26.4. The fourth-order valence-corrected chi connectivity index (χ4v) is 2.66. The topological polar surface area (TPSA) is 63.2 Å². The molecule has 0 spiro atoms. The van der Waals surface area contributed by atoms with Crippen LogP contribution >= 0.6 is 0 Å².